The van der Waals surface area contributed by atoms with Crippen LogP contribution in [-0.4, -0.2) is 20.9 Å². The molecular weight excluding hydrogens is 412 g/mol. The highest BCUT2D eigenvalue weighted by Crippen LogP contribution is 2.23. The fourth-order valence-corrected chi connectivity index (χ4v) is 3.28. The van der Waals surface area contributed by atoms with Crippen LogP contribution in [0.25, 0.3) is 5.69 Å². The van der Waals surface area contributed by atoms with E-state index in [0.717, 1.165) is 23.6 Å². The SMILES string of the molecule is CCCc1c(C(=O)Nc2ccc(Oc3ccccc3)cc2)nnn1-c1ccc(Cl)cc1. The maximum atomic E-state index is 12.9. The first-order valence-corrected chi connectivity index (χ1v) is 10.4. The van der Waals surface area contributed by atoms with Crippen LogP contribution in [0.2, 0.25) is 5.02 Å². The van der Waals surface area contributed by atoms with E-state index >= 15 is 0 Å². The average Bonchev–Trinajstić information content (AvgIpc) is 3.20. The van der Waals surface area contributed by atoms with Gasteiger partial charge in [0.25, 0.3) is 5.91 Å². The molecule has 0 aliphatic heterocycles. The Morgan fingerprint density at radius 1 is 0.968 bits per heavy atom. The predicted molar refractivity (Wildman–Crippen MR) is 121 cm³/mol. The van der Waals surface area contributed by atoms with Gasteiger partial charge in [-0.2, -0.15) is 0 Å². The van der Waals surface area contributed by atoms with Gasteiger partial charge in [0.15, 0.2) is 5.69 Å². The molecule has 0 saturated carbocycles. The minimum absolute atomic E-state index is 0.305. The van der Waals surface area contributed by atoms with Gasteiger partial charge in [0, 0.05) is 10.7 Å². The number of hydrogen-bond donors (Lipinski definition) is 1. The molecule has 1 aromatic heterocycles. The van der Waals surface area contributed by atoms with E-state index in [1.165, 1.54) is 0 Å². The molecule has 0 unspecified atom stereocenters. The molecule has 0 spiro atoms. The van der Waals surface area contributed by atoms with Gasteiger partial charge in [0.1, 0.15) is 11.5 Å². The van der Waals surface area contributed by atoms with Crippen LogP contribution in [-0.2, 0) is 6.42 Å². The molecule has 7 heteroatoms. The molecule has 1 heterocycles. The highest BCUT2D eigenvalue weighted by molar-refractivity contribution is 6.30. The molecule has 0 aliphatic rings. The highest BCUT2D eigenvalue weighted by Gasteiger charge is 2.20. The zero-order valence-electron chi connectivity index (χ0n) is 17.0. The molecule has 1 amide bonds. The minimum Gasteiger partial charge on any atom is -0.457 e. The number of amides is 1. The van der Waals surface area contributed by atoms with Gasteiger partial charge in [0.05, 0.1) is 11.4 Å². The van der Waals surface area contributed by atoms with Crippen LogP contribution in [0.4, 0.5) is 5.69 Å². The van der Waals surface area contributed by atoms with Crippen molar-refractivity contribution in [1.82, 2.24) is 15.0 Å². The van der Waals surface area contributed by atoms with Gasteiger partial charge in [-0.15, -0.1) is 5.10 Å². The van der Waals surface area contributed by atoms with Crippen molar-refractivity contribution >= 4 is 23.2 Å². The van der Waals surface area contributed by atoms with Gasteiger partial charge in [-0.05, 0) is 67.1 Å². The summed E-state index contributed by atoms with van der Waals surface area (Å²) in [5, 5.41) is 11.9. The zero-order valence-corrected chi connectivity index (χ0v) is 17.7. The zero-order chi connectivity index (χ0) is 21.6. The minimum atomic E-state index is -0.305. The van der Waals surface area contributed by atoms with Crippen LogP contribution in [0.3, 0.4) is 0 Å². The smallest absolute Gasteiger partial charge is 0.278 e. The third-order valence-electron chi connectivity index (χ3n) is 4.63. The molecular formula is C24H21ClN4O2. The second-order valence-electron chi connectivity index (χ2n) is 6.92. The lowest BCUT2D eigenvalue weighted by Crippen LogP contribution is -2.15. The Morgan fingerprint density at radius 3 is 2.32 bits per heavy atom. The summed E-state index contributed by atoms with van der Waals surface area (Å²) in [6.45, 7) is 2.05. The van der Waals surface area contributed by atoms with E-state index in [9.17, 15) is 4.79 Å². The number of hydrogen-bond acceptors (Lipinski definition) is 4. The van der Waals surface area contributed by atoms with Crippen LogP contribution in [0.15, 0.2) is 78.9 Å². The maximum absolute atomic E-state index is 12.9. The van der Waals surface area contributed by atoms with Crippen molar-refractivity contribution in [3.63, 3.8) is 0 Å². The van der Waals surface area contributed by atoms with Crippen LogP contribution >= 0.6 is 11.6 Å². The van der Waals surface area contributed by atoms with Crippen molar-refractivity contribution in [2.24, 2.45) is 0 Å². The third-order valence-corrected chi connectivity index (χ3v) is 4.88. The third kappa shape index (κ3) is 4.92. The largest absolute Gasteiger partial charge is 0.457 e. The number of nitrogens with zero attached hydrogens (tertiary/aromatic N) is 3. The van der Waals surface area contributed by atoms with Gasteiger partial charge in [-0.3, -0.25) is 4.79 Å². The highest BCUT2D eigenvalue weighted by atomic mass is 35.5. The number of ether oxygens (including phenoxy) is 1. The van der Waals surface area contributed by atoms with Crippen LogP contribution in [0.1, 0.15) is 29.5 Å². The first-order chi connectivity index (χ1) is 15.1. The fraction of sp³-hybridized carbons (Fsp3) is 0.125. The Bertz CT molecular complexity index is 1160. The molecule has 0 fully saturated rings. The maximum Gasteiger partial charge on any atom is 0.278 e. The summed E-state index contributed by atoms with van der Waals surface area (Å²) in [6.07, 6.45) is 1.52. The number of aromatic nitrogens is 3. The van der Waals surface area contributed by atoms with Crippen molar-refractivity contribution in [1.29, 1.82) is 0 Å². The van der Waals surface area contributed by atoms with E-state index in [1.54, 1.807) is 41.1 Å². The summed E-state index contributed by atoms with van der Waals surface area (Å²) in [7, 11) is 0. The van der Waals surface area contributed by atoms with Crippen molar-refractivity contribution in [2.75, 3.05) is 5.32 Å². The Kier molecular flexibility index (Phi) is 6.29. The molecule has 0 radical (unpaired) electrons. The Labute approximate surface area is 185 Å². The molecule has 4 rings (SSSR count). The number of nitrogens with one attached hydrogen (secondary N) is 1. The lowest BCUT2D eigenvalue weighted by molar-refractivity contribution is 0.102. The summed E-state index contributed by atoms with van der Waals surface area (Å²) in [5.41, 5.74) is 2.52. The first-order valence-electron chi connectivity index (χ1n) is 9.99. The van der Waals surface area contributed by atoms with Crippen molar-refractivity contribution < 1.29 is 9.53 Å². The van der Waals surface area contributed by atoms with E-state index in [4.69, 9.17) is 16.3 Å². The van der Waals surface area contributed by atoms with Gasteiger partial charge < -0.3 is 10.1 Å². The van der Waals surface area contributed by atoms with Crippen molar-refractivity contribution in [3.8, 4) is 17.2 Å². The summed E-state index contributed by atoms with van der Waals surface area (Å²) in [4.78, 5) is 12.9. The summed E-state index contributed by atoms with van der Waals surface area (Å²) < 4.78 is 7.47. The fourth-order valence-electron chi connectivity index (χ4n) is 3.15. The lowest BCUT2D eigenvalue weighted by atomic mass is 10.2. The molecule has 0 saturated heterocycles. The van der Waals surface area contributed by atoms with Crippen molar-refractivity contribution in [2.45, 2.75) is 19.8 Å². The standard InChI is InChI=1S/C24H21ClN4O2/c1-2-6-22-23(27-28-29(22)19-13-9-17(25)10-14-19)24(30)26-18-11-15-21(16-12-18)31-20-7-4-3-5-8-20/h3-5,7-16H,2,6H2,1H3,(H,26,30). The molecule has 3 aromatic carbocycles. The van der Waals surface area contributed by atoms with Gasteiger partial charge >= 0.3 is 0 Å². The Balaban J connectivity index is 1.51. The predicted octanol–water partition coefficient (Wildman–Crippen LogP) is 5.92. The number of halogens is 1. The lowest BCUT2D eigenvalue weighted by Gasteiger charge is -2.09. The molecule has 0 bridgehead atoms. The molecule has 156 valence electrons. The van der Waals surface area contributed by atoms with Crippen LogP contribution < -0.4 is 10.1 Å². The van der Waals surface area contributed by atoms with E-state index in [2.05, 4.69) is 15.6 Å². The number of carbonyl (C=O) groups excluding carboxylic acids is 1. The molecule has 0 aliphatic carbocycles. The normalized spacial score (nSPS) is 10.6. The number of rotatable bonds is 7. The van der Waals surface area contributed by atoms with Crippen molar-refractivity contribution in [3.05, 3.63) is 95.3 Å². The molecule has 1 N–H and O–H groups in total. The van der Waals surface area contributed by atoms with E-state index < -0.39 is 0 Å². The molecule has 31 heavy (non-hydrogen) atoms. The van der Waals surface area contributed by atoms with E-state index in [0.29, 0.717) is 28.6 Å². The number of benzene rings is 3. The summed E-state index contributed by atoms with van der Waals surface area (Å²) in [6, 6.07) is 24.0. The number of anilines is 1. The van der Waals surface area contributed by atoms with Gasteiger partial charge in [-0.25, -0.2) is 4.68 Å². The monoisotopic (exact) mass is 432 g/mol. The molecule has 4 aromatic rings. The number of carbonyl (C=O) groups is 1. The molecule has 0 atom stereocenters. The second-order valence-corrected chi connectivity index (χ2v) is 7.35. The first kappa shape index (κ1) is 20.6. The summed E-state index contributed by atoms with van der Waals surface area (Å²) >= 11 is 5.98. The quantitative estimate of drug-likeness (QED) is 0.393. The Hall–Kier alpha value is -3.64. The van der Waals surface area contributed by atoms with Gasteiger partial charge in [0.2, 0.25) is 0 Å². The van der Waals surface area contributed by atoms with E-state index in [-0.39, 0.29) is 5.91 Å². The second kappa shape index (κ2) is 9.45. The number of para-hydroxylation sites is 1. The summed E-state index contributed by atoms with van der Waals surface area (Å²) in [5.74, 6) is 1.13. The Morgan fingerprint density at radius 2 is 1.65 bits per heavy atom. The van der Waals surface area contributed by atoms with Gasteiger partial charge in [-0.1, -0.05) is 48.4 Å². The van der Waals surface area contributed by atoms with E-state index in [1.807, 2.05) is 49.4 Å². The average molecular weight is 433 g/mol. The topological polar surface area (TPSA) is 69.0 Å². The van der Waals surface area contributed by atoms with Crippen LogP contribution in [0, 0.1) is 0 Å². The van der Waals surface area contributed by atoms with Crippen LogP contribution in [0.5, 0.6) is 11.5 Å². The molecule has 6 nitrogen and oxygen atoms in total.